The average molecular weight is 168 g/mol. The van der Waals surface area contributed by atoms with Crippen molar-refractivity contribution in [2.45, 2.75) is 12.2 Å². The Kier molecular flexibility index (Phi) is 2.83. The van der Waals surface area contributed by atoms with Crippen LogP contribution in [-0.4, -0.2) is 11.4 Å². The Bertz CT molecular complexity index is 235. The maximum Gasteiger partial charge on any atom is 0.115 e. The molecule has 0 aliphatic rings. The van der Waals surface area contributed by atoms with Gasteiger partial charge in [0.05, 0.1) is 0 Å². The molecule has 0 spiro atoms. The molecule has 0 aromatic heterocycles. The Morgan fingerprint density at radius 3 is 2.73 bits per heavy atom. The van der Waals surface area contributed by atoms with Gasteiger partial charge in [-0.25, -0.2) is 0 Å². The molecule has 0 heterocycles. The zero-order valence-electron chi connectivity index (χ0n) is 6.74. The molecule has 0 aliphatic carbocycles. The van der Waals surface area contributed by atoms with Gasteiger partial charge in [-0.3, -0.25) is 0 Å². The van der Waals surface area contributed by atoms with Crippen molar-refractivity contribution < 1.29 is 5.11 Å². The van der Waals surface area contributed by atoms with Crippen LogP contribution in [0.5, 0.6) is 5.75 Å². The second-order valence-electron chi connectivity index (χ2n) is 2.47. The van der Waals surface area contributed by atoms with Crippen LogP contribution in [0.4, 0.5) is 0 Å². The summed E-state index contributed by atoms with van der Waals surface area (Å²) in [6.07, 6.45) is 2.06. The normalized spacial score (nSPS) is 12.9. The van der Waals surface area contributed by atoms with Gasteiger partial charge in [-0.1, -0.05) is 12.1 Å². The minimum atomic E-state index is 0.350. The Morgan fingerprint density at radius 2 is 2.18 bits per heavy atom. The third kappa shape index (κ3) is 2.15. The molecule has 60 valence electrons. The maximum atomic E-state index is 9.15. The highest BCUT2D eigenvalue weighted by Gasteiger charge is 2.02. The smallest absolute Gasteiger partial charge is 0.115 e. The molecule has 1 aromatic rings. The van der Waals surface area contributed by atoms with Gasteiger partial charge >= 0.3 is 0 Å². The number of thioether (sulfide) groups is 1. The van der Waals surface area contributed by atoms with Gasteiger partial charge in [0.25, 0.3) is 0 Å². The fraction of sp³-hybridized carbons (Fsp3) is 0.333. The molecule has 0 amide bonds. The standard InChI is InChI=1S/C9H12OS/c1-7(11-2)8-4-3-5-9(10)6-8/h3-7,10H,1-2H3. The second kappa shape index (κ2) is 3.67. The molecule has 1 nitrogen and oxygen atoms in total. The van der Waals surface area contributed by atoms with Crippen molar-refractivity contribution in [3.63, 3.8) is 0 Å². The first-order chi connectivity index (χ1) is 5.24. The molecular formula is C9H12OS. The third-order valence-electron chi connectivity index (χ3n) is 1.69. The monoisotopic (exact) mass is 168 g/mol. The fourth-order valence-corrected chi connectivity index (χ4v) is 1.33. The van der Waals surface area contributed by atoms with Crippen LogP contribution < -0.4 is 0 Å². The molecule has 1 atom stereocenters. The van der Waals surface area contributed by atoms with E-state index < -0.39 is 0 Å². The van der Waals surface area contributed by atoms with Crippen LogP contribution in [0, 0.1) is 0 Å². The van der Waals surface area contributed by atoms with E-state index in [2.05, 4.69) is 13.2 Å². The highest BCUT2D eigenvalue weighted by atomic mass is 32.2. The number of hydrogen-bond acceptors (Lipinski definition) is 2. The Labute approximate surface area is 71.4 Å². The first kappa shape index (κ1) is 8.47. The molecular weight excluding hydrogens is 156 g/mol. The summed E-state index contributed by atoms with van der Waals surface area (Å²) in [6.45, 7) is 2.12. The van der Waals surface area contributed by atoms with E-state index in [1.807, 2.05) is 12.1 Å². The van der Waals surface area contributed by atoms with Crippen molar-refractivity contribution in [3.05, 3.63) is 29.8 Å². The summed E-state index contributed by atoms with van der Waals surface area (Å²) in [5, 5.41) is 9.61. The summed E-state index contributed by atoms with van der Waals surface area (Å²) in [4.78, 5) is 0. The van der Waals surface area contributed by atoms with Gasteiger partial charge in [-0.2, -0.15) is 11.8 Å². The molecule has 1 rings (SSSR count). The predicted octanol–water partition coefficient (Wildman–Crippen LogP) is 2.82. The summed E-state index contributed by atoms with van der Waals surface area (Å²) in [7, 11) is 0. The van der Waals surface area contributed by atoms with E-state index in [9.17, 15) is 0 Å². The third-order valence-corrected chi connectivity index (χ3v) is 2.67. The SMILES string of the molecule is CSC(C)c1cccc(O)c1. The van der Waals surface area contributed by atoms with Crippen molar-refractivity contribution in [1.82, 2.24) is 0 Å². The van der Waals surface area contributed by atoms with Gasteiger partial charge in [0.2, 0.25) is 0 Å². The number of phenols is 1. The Balaban J connectivity index is 2.86. The van der Waals surface area contributed by atoms with Crippen molar-refractivity contribution in [2.24, 2.45) is 0 Å². The van der Waals surface area contributed by atoms with Crippen LogP contribution in [0.2, 0.25) is 0 Å². The van der Waals surface area contributed by atoms with E-state index in [0.717, 1.165) is 0 Å². The molecule has 2 heteroatoms. The lowest BCUT2D eigenvalue weighted by molar-refractivity contribution is 0.474. The Morgan fingerprint density at radius 1 is 1.45 bits per heavy atom. The minimum absolute atomic E-state index is 0.350. The van der Waals surface area contributed by atoms with E-state index in [1.165, 1.54) is 5.56 Å². The summed E-state index contributed by atoms with van der Waals surface area (Å²) >= 11 is 1.78. The summed E-state index contributed by atoms with van der Waals surface area (Å²) in [5.41, 5.74) is 1.18. The minimum Gasteiger partial charge on any atom is -0.508 e. The maximum absolute atomic E-state index is 9.15. The van der Waals surface area contributed by atoms with Gasteiger partial charge < -0.3 is 5.11 Å². The number of benzene rings is 1. The van der Waals surface area contributed by atoms with Crippen LogP contribution in [0.25, 0.3) is 0 Å². The lowest BCUT2D eigenvalue weighted by atomic mass is 10.1. The van der Waals surface area contributed by atoms with Crippen LogP contribution in [0.1, 0.15) is 17.7 Å². The van der Waals surface area contributed by atoms with E-state index in [-0.39, 0.29) is 0 Å². The van der Waals surface area contributed by atoms with Crippen molar-refractivity contribution >= 4 is 11.8 Å². The molecule has 11 heavy (non-hydrogen) atoms. The zero-order valence-corrected chi connectivity index (χ0v) is 7.56. The van der Waals surface area contributed by atoms with Gasteiger partial charge in [0.15, 0.2) is 0 Å². The quantitative estimate of drug-likeness (QED) is 0.732. The van der Waals surface area contributed by atoms with Crippen molar-refractivity contribution in [3.8, 4) is 5.75 Å². The molecule has 0 fully saturated rings. The van der Waals surface area contributed by atoms with Crippen molar-refractivity contribution in [1.29, 1.82) is 0 Å². The zero-order chi connectivity index (χ0) is 8.27. The second-order valence-corrected chi connectivity index (χ2v) is 3.65. The summed E-state index contributed by atoms with van der Waals surface area (Å²) < 4.78 is 0. The lowest BCUT2D eigenvalue weighted by Gasteiger charge is -2.07. The summed E-state index contributed by atoms with van der Waals surface area (Å²) in [5.74, 6) is 0.350. The van der Waals surface area contributed by atoms with Crippen LogP contribution >= 0.6 is 11.8 Å². The van der Waals surface area contributed by atoms with Crippen LogP contribution in [0.3, 0.4) is 0 Å². The molecule has 0 radical (unpaired) electrons. The Hall–Kier alpha value is -0.630. The average Bonchev–Trinajstić information content (AvgIpc) is 2.03. The number of aromatic hydroxyl groups is 1. The first-order valence-corrected chi connectivity index (χ1v) is 4.84. The fourth-order valence-electron chi connectivity index (χ4n) is 0.914. The van der Waals surface area contributed by atoms with Gasteiger partial charge in [-0.15, -0.1) is 0 Å². The van der Waals surface area contributed by atoms with E-state index in [4.69, 9.17) is 5.11 Å². The topological polar surface area (TPSA) is 20.2 Å². The van der Waals surface area contributed by atoms with Gasteiger partial charge in [0.1, 0.15) is 5.75 Å². The van der Waals surface area contributed by atoms with Gasteiger partial charge in [-0.05, 0) is 30.9 Å². The highest BCUT2D eigenvalue weighted by molar-refractivity contribution is 7.98. The number of phenolic OH excluding ortho intramolecular Hbond substituents is 1. The predicted molar refractivity (Wildman–Crippen MR) is 50.0 cm³/mol. The van der Waals surface area contributed by atoms with Crippen molar-refractivity contribution in [2.75, 3.05) is 6.26 Å². The number of rotatable bonds is 2. The van der Waals surface area contributed by atoms with Crippen LogP contribution in [0.15, 0.2) is 24.3 Å². The molecule has 1 N–H and O–H groups in total. The molecule has 0 saturated heterocycles. The first-order valence-electron chi connectivity index (χ1n) is 3.55. The largest absolute Gasteiger partial charge is 0.508 e. The van der Waals surface area contributed by atoms with Crippen LogP contribution in [-0.2, 0) is 0 Å². The number of hydrogen-bond donors (Lipinski definition) is 1. The highest BCUT2D eigenvalue weighted by Crippen LogP contribution is 2.27. The van der Waals surface area contributed by atoms with E-state index in [1.54, 1.807) is 23.9 Å². The molecule has 1 aromatic carbocycles. The van der Waals surface area contributed by atoms with E-state index in [0.29, 0.717) is 11.0 Å². The molecule has 1 unspecified atom stereocenters. The van der Waals surface area contributed by atoms with E-state index >= 15 is 0 Å². The lowest BCUT2D eigenvalue weighted by Crippen LogP contribution is -1.85. The summed E-state index contributed by atoms with van der Waals surface area (Å²) in [6, 6.07) is 7.40. The molecule has 0 saturated carbocycles. The molecule has 0 bridgehead atoms. The molecule has 0 aliphatic heterocycles. The van der Waals surface area contributed by atoms with Gasteiger partial charge in [0, 0.05) is 5.25 Å².